The molecule has 0 aromatic heterocycles. The van der Waals surface area contributed by atoms with Gasteiger partial charge >= 0.3 is 0 Å². The van der Waals surface area contributed by atoms with Crippen LogP contribution in [0.1, 0.15) is 22.3 Å². The molecule has 0 saturated heterocycles. The van der Waals surface area contributed by atoms with Gasteiger partial charge in [-0.2, -0.15) is 0 Å². The molecule has 106 valence electrons. The van der Waals surface area contributed by atoms with Crippen molar-refractivity contribution in [2.24, 2.45) is 0 Å². The lowest BCUT2D eigenvalue weighted by atomic mass is 10.1. The Labute approximate surface area is 125 Å². The van der Waals surface area contributed by atoms with Crippen molar-refractivity contribution in [3.8, 4) is 5.75 Å². The quantitative estimate of drug-likeness (QED) is 0.515. The maximum atomic E-state index is 11.9. The number of phenols is 1. The van der Waals surface area contributed by atoms with Crippen LogP contribution in [0.3, 0.4) is 0 Å². The van der Waals surface area contributed by atoms with Crippen LogP contribution in [0.4, 0.5) is 0 Å². The van der Waals surface area contributed by atoms with E-state index in [0.29, 0.717) is 12.0 Å². The second kappa shape index (κ2) is 8.35. The van der Waals surface area contributed by atoms with Gasteiger partial charge in [-0.05, 0) is 12.1 Å². The molecule has 0 fully saturated rings. The summed E-state index contributed by atoms with van der Waals surface area (Å²) in [5, 5.41) is 11.4. The summed E-state index contributed by atoms with van der Waals surface area (Å²) in [5.74, 6) is 0.208. The van der Waals surface area contributed by atoms with Gasteiger partial charge in [0.2, 0.25) is 0 Å². The molecule has 0 atom stereocenters. The third kappa shape index (κ3) is 5.03. The van der Waals surface area contributed by atoms with E-state index in [1.165, 1.54) is 11.6 Å². The van der Waals surface area contributed by atoms with E-state index >= 15 is 0 Å². The number of carbonyl (C=O) groups excluding carboxylic acids is 1. The molecular weight excluding hydrogens is 274 g/mol. The highest BCUT2D eigenvalue weighted by Crippen LogP contribution is 2.12. The lowest BCUT2D eigenvalue weighted by Crippen LogP contribution is -3.00. The first-order chi connectivity index (χ1) is 9.25. The number of hydrogen-bond acceptors (Lipinski definition) is 2. The largest absolute Gasteiger partial charge is 1.00 e. The van der Waals surface area contributed by atoms with Crippen molar-refractivity contribution in [2.75, 3.05) is 6.54 Å². The Morgan fingerprint density at radius 2 is 1.80 bits per heavy atom. The molecule has 2 aromatic rings. The molecule has 4 heteroatoms. The molecule has 3 nitrogen and oxygen atoms in total. The molecule has 0 unspecified atom stereocenters. The van der Waals surface area contributed by atoms with Gasteiger partial charge in [-0.3, -0.25) is 4.79 Å². The third-order valence-electron chi connectivity index (χ3n) is 2.97. The SMILES string of the molecule is O=C(CC[NH2+]Cc1ccccc1)c1cccc(O)c1.[Cl-]. The van der Waals surface area contributed by atoms with Crippen molar-refractivity contribution in [1.82, 2.24) is 0 Å². The van der Waals surface area contributed by atoms with Crippen LogP contribution in [-0.4, -0.2) is 17.4 Å². The standard InChI is InChI=1S/C16H17NO2.ClH/c18-15-8-4-7-14(11-15)16(19)9-10-17-12-13-5-2-1-3-6-13;/h1-8,11,17-18H,9-10,12H2;1H. The minimum atomic E-state index is 0. The zero-order valence-corrected chi connectivity index (χ0v) is 11.9. The second-order valence-electron chi connectivity index (χ2n) is 4.49. The normalized spacial score (nSPS) is 9.80. The molecule has 0 amide bonds. The predicted molar refractivity (Wildman–Crippen MR) is 74.0 cm³/mol. The van der Waals surface area contributed by atoms with E-state index in [2.05, 4.69) is 17.4 Å². The van der Waals surface area contributed by atoms with Gasteiger partial charge in [0, 0.05) is 11.1 Å². The third-order valence-corrected chi connectivity index (χ3v) is 2.97. The number of rotatable bonds is 6. The van der Waals surface area contributed by atoms with Crippen molar-refractivity contribution in [3.05, 3.63) is 65.7 Å². The van der Waals surface area contributed by atoms with E-state index < -0.39 is 0 Å². The maximum Gasteiger partial charge on any atom is 0.168 e. The highest BCUT2D eigenvalue weighted by Gasteiger charge is 2.07. The fourth-order valence-corrected chi connectivity index (χ4v) is 1.94. The van der Waals surface area contributed by atoms with Crippen LogP contribution in [0.25, 0.3) is 0 Å². The average Bonchev–Trinajstić information content (AvgIpc) is 2.44. The molecule has 3 N–H and O–H groups in total. The number of nitrogens with two attached hydrogens (primary N) is 1. The Bertz CT molecular complexity index is 543. The molecule has 0 spiro atoms. The zero-order chi connectivity index (χ0) is 13.5. The van der Waals surface area contributed by atoms with Gasteiger partial charge in [0.15, 0.2) is 5.78 Å². The van der Waals surface area contributed by atoms with Gasteiger partial charge in [-0.25, -0.2) is 0 Å². The van der Waals surface area contributed by atoms with Crippen LogP contribution >= 0.6 is 0 Å². The Balaban J connectivity index is 0.00000200. The fourth-order valence-electron chi connectivity index (χ4n) is 1.94. The van der Waals surface area contributed by atoms with Crippen molar-refractivity contribution in [2.45, 2.75) is 13.0 Å². The smallest absolute Gasteiger partial charge is 0.168 e. The highest BCUT2D eigenvalue weighted by atomic mass is 35.5. The second-order valence-corrected chi connectivity index (χ2v) is 4.49. The first kappa shape index (κ1) is 16.2. The Morgan fingerprint density at radius 3 is 2.50 bits per heavy atom. The molecule has 0 saturated carbocycles. The van der Waals surface area contributed by atoms with Crippen molar-refractivity contribution in [1.29, 1.82) is 0 Å². The fraction of sp³-hybridized carbons (Fsp3) is 0.188. The summed E-state index contributed by atoms with van der Waals surface area (Å²) < 4.78 is 0. The van der Waals surface area contributed by atoms with E-state index in [0.717, 1.165) is 13.1 Å². The summed E-state index contributed by atoms with van der Waals surface area (Å²) in [5.41, 5.74) is 1.83. The van der Waals surface area contributed by atoms with Gasteiger partial charge < -0.3 is 22.8 Å². The van der Waals surface area contributed by atoms with Crippen LogP contribution < -0.4 is 17.7 Å². The van der Waals surface area contributed by atoms with E-state index in [1.54, 1.807) is 18.2 Å². The Hall–Kier alpha value is -1.84. The van der Waals surface area contributed by atoms with Crippen LogP contribution in [-0.2, 0) is 6.54 Å². The number of phenolic OH excluding ortho intramolecular Hbond substituents is 1. The van der Waals surface area contributed by atoms with E-state index in [-0.39, 0.29) is 23.9 Å². The lowest BCUT2D eigenvalue weighted by Gasteiger charge is -2.02. The summed E-state index contributed by atoms with van der Waals surface area (Å²) in [7, 11) is 0. The molecule has 2 aromatic carbocycles. The molecule has 2 rings (SSSR count). The summed E-state index contributed by atoms with van der Waals surface area (Å²) >= 11 is 0. The lowest BCUT2D eigenvalue weighted by molar-refractivity contribution is -0.669. The van der Waals surface area contributed by atoms with Crippen molar-refractivity contribution in [3.63, 3.8) is 0 Å². The summed E-state index contributed by atoms with van der Waals surface area (Å²) in [4.78, 5) is 11.9. The average molecular weight is 292 g/mol. The first-order valence-corrected chi connectivity index (χ1v) is 6.43. The van der Waals surface area contributed by atoms with Gasteiger partial charge in [0.1, 0.15) is 12.3 Å². The number of aromatic hydroxyl groups is 1. The molecule has 0 bridgehead atoms. The van der Waals surface area contributed by atoms with E-state index in [1.807, 2.05) is 18.2 Å². The Kier molecular flexibility index (Phi) is 6.77. The Morgan fingerprint density at radius 1 is 1.05 bits per heavy atom. The van der Waals surface area contributed by atoms with Crippen LogP contribution in [0, 0.1) is 0 Å². The zero-order valence-electron chi connectivity index (χ0n) is 11.1. The van der Waals surface area contributed by atoms with E-state index in [4.69, 9.17) is 0 Å². The number of halogens is 1. The molecule has 0 aliphatic heterocycles. The summed E-state index contributed by atoms with van der Waals surface area (Å²) in [6.07, 6.45) is 0.482. The van der Waals surface area contributed by atoms with Crippen LogP contribution in [0.5, 0.6) is 5.75 Å². The van der Waals surface area contributed by atoms with Crippen LogP contribution in [0.15, 0.2) is 54.6 Å². The predicted octanol–water partition coefficient (Wildman–Crippen LogP) is -1.27. The number of hydrogen-bond donors (Lipinski definition) is 2. The maximum absolute atomic E-state index is 11.9. The molecule has 0 heterocycles. The molecule has 0 aliphatic rings. The van der Waals surface area contributed by atoms with E-state index in [9.17, 15) is 9.90 Å². The summed E-state index contributed by atoms with van der Waals surface area (Å²) in [6.45, 7) is 1.64. The number of quaternary nitrogens is 1. The number of benzene rings is 2. The molecule has 20 heavy (non-hydrogen) atoms. The minimum Gasteiger partial charge on any atom is -1.00 e. The molecule has 0 radical (unpaired) electrons. The topological polar surface area (TPSA) is 53.9 Å². The minimum absolute atomic E-state index is 0. The van der Waals surface area contributed by atoms with Crippen molar-refractivity contribution < 1.29 is 27.6 Å². The number of ketones is 1. The van der Waals surface area contributed by atoms with Gasteiger partial charge in [-0.15, -0.1) is 0 Å². The van der Waals surface area contributed by atoms with Gasteiger partial charge in [0.05, 0.1) is 13.0 Å². The van der Waals surface area contributed by atoms with Gasteiger partial charge in [0.25, 0.3) is 0 Å². The monoisotopic (exact) mass is 291 g/mol. The number of Topliss-reactive ketones (excluding diaryl/α,β-unsaturated/α-hetero) is 1. The highest BCUT2D eigenvalue weighted by molar-refractivity contribution is 5.96. The number of carbonyl (C=O) groups is 1. The molecular formula is C16H18ClNO2. The van der Waals surface area contributed by atoms with Gasteiger partial charge in [-0.1, -0.05) is 42.5 Å². The first-order valence-electron chi connectivity index (χ1n) is 6.43. The summed E-state index contributed by atoms with van der Waals surface area (Å²) in [6, 6.07) is 16.7. The van der Waals surface area contributed by atoms with Crippen molar-refractivity contribution >= 4 is 5.78 Å². The van der Waals surface area contributed by atoms with Crippen LogP contribution in [0.2, 0.25) is 0 Å². The molecule has 0 aliphatic carbocycles.